The number of aliphatic carboxylic acids is 5. The summed E-state index contributed by atoms with van der Waals surface area (Å²) in [6.07, 6.45) is -0.362. The van der Waals surface area contributed by atoms with Crippen molar-refractivity contribution in [1.29, 1.82) is 0 Å². The van der Waals surface area contributed by atoms with Gasteiger partial charge in [0, 0.05) is 45.2 Å². The van der Waals surface area contributed by atoms with Crippen molar-refractivity contribution in [3.8, 4) is 0 Å². The van der Waals surface area contributed by atoms with Gasteiger partial charge in [0.05, 0.1) is 13.0 Å². The quantitative estimate of drug-likeness (QED) is 0.0251. The van der Waals surface area contributed by atoms with Crippen molar-refractivity contribution in [3.63, 3.8) is 0 Å². The highest BCUT2D eigenvalue weighted by atomic mass is 32.3. The Morgan fingerprint density at radius 3 is 1.63 bits per heavy atom. The Morgan fingerprint density at radius 1 is 0.678 bits per heavy atom. The molecule has 1 saturated heterocycles. The SMILES string of the molecule is CC[C@H](C)[C@H](NC(=O)[C@H](CCC(=O)O)NC(=O)[C@H](CCC(=O)O)NC(=O)[C@H](Cc1ccccc1)NC=O)C(=O)N1CCC[C@H]1C(=O)NCC(=O)N[C@@H](CCC(=O)O)C(=O)N[C@@H](CC1=CC[C@@H](OS(=O)(=O)O)C=C1)C(=O)N[C@@H](CC(C)C)C(=O)O.NCCC(=O)O. The van der Waals surface area contributed by atoms with Crippen LogP contribution in [0.4, 0.5) is 0 Å². The van der Waals surface area contributed by atoms with Crippen molar-refractivity contribution in [1.82, 2.24) is 47.4 Å². The van der Waals surface area contributed by atoms with Crippen LogP contribution in [0.2, 0.25) is 0 Å². The second-order valence-corrected chi connectivity index (χ2v) is 22.6. The number of nitrogens with zero attached hydrogens (tertiary/aromatic N) is 1. The van der Waals surface area contributed by atoms with Crippen LogP contribution in [0.5, 0.6) is 0 Å². The first-order valence-corrected chi connectivity index (χ1v) is 30.1. The standard InChI is InChI=1S/C53H75N9O21S.C3H7NO2/c1-5-30(4)45(61-48(73)36(19-22-44(69)70)57-47(72)35(18-21-43(67)68)58-49(74)37(55-28-63)25-31-10-7-6-8-11-31)52(77)62-23-9-12-40(62)51(76)54-27-41(64)56-34(17-20-42(65)66)46(71)59-38(50(75)60-39(53(78)79)24-29(2)3)26-32-13-15-33(16-14-32)83-84(80,81)82;4-2-1-3(5)6/h6-8,10-11,13-15,28-30,33-40,45H,5,9,12,16-27H2,1-4H3,(H,54,76)(H,55,63)(H,56,64)(H,57,72)(H,58,74)(H,59,71)(H,60,75)(H,61,73)(H,65,66)(H,67,68)(H,69,70)(H,78,79)(H,80,81,82);1-2,4H2,(H,5,6)/t30-,33-,34-,35-,36-,37-,38-,39-,40-,45-;/m0./s1. The van der Waals surface area contributed by atoms with Gasteiger partial charge in [-0.25, -0.2) is 8.98 Å². The van der Waals surface area contributed by atoms with Crippen molar-refractivity contribution in [2.75, 3.05) is 19.6 Å². The van der Waals surface area contributed by atoms with Crippen molar-refractivity contribution in [3.05, 3.63) is 59.7 Å². The molecule has 500 valence electrons. The van der Waals surface area contributed by atoms with E-state index in [9.17, 15) is 96.0 Å². The number of carboxylic acids is 5. The van der Waals surface area contributed by atoms with Gasteiger partial charge in [0.1, 0.15) is 54.4 Å². The fraction of sp³-hybridized carbons (Fsp3) is 0.571. The highest BCUT2D eigenvalue weighted by Crippen LogP contribution is 2.23. The molecule has 1 aromatic rings. The zero-order valence-electron chi connectivity index (χ0n) is 50.1. The third-order valence-corrected chi connectivity index (χ3v) is 14.4. The molecule has 0 radical (unpaired) electrons. The summed E-state index contributed by atoms with van der Waals surface area (Å²) in [7, 11) is -4.84. The predicted octanol–water partition coefficient (Wildman–Crippen LogP) is -1.98. The first-order chi connectivity index (χ1) is 42.3. The van der Waals surface area contributed by atoms with E-state index in [1.807, 2.05) is 0 Å². The Hall–Kier alpha value is -8.89. The first-order valence-electron chi connectivity index (χ1n) is 28.7. The molecular weight excluding hydrogens is 1210 g/mol. The van der Waals surface area contributed by atoms with Gasteiger partial charge >= 0.3 is 40.2 Å². The smallest absolute Gasteiger partial charge is 0.397 e. The van der Waals surface area contributed by atoms with Gasteiger partial charge in [-0.1, -0.05) is 82.7 Å². The van der Waals surface area contributed by atoms with Crippen LogP contribution in [0.15, 0.2) is 54.1 Å². The van der Waals surface area contributed by atoms with Crippen molar-refractivity contribution in [2.45, 2.75) is 172 Å². The molecule has 90 heavy (non-hydrogen) atoms. The zero-order chi connectivity index (χ0) is 67.8. The minimum atomic E-state index is -4.84. The molecule has 2 aliphatic rings. The number of carbonyl (C=O) groups is 14. The first kappa shape index (κ1) is 77.2. The molecule has 1 fully saturated rings. The van der Waals surface area contributed by atoms with Crippen molar-refractivity contribution >= 4 is 93.9 Å². The number of carboxylic acid groups (broad SMARTS) is 5. The van der Waals surface area contributed by atoms with Gasteiger partial charge in [0.25, 0.3) is 0 Å². The minimum absolute atomic E-state index is 0.0200. The number of nitrogens with one attached hydrogen (secondary N) is 8. The molecule has 1 heterocycles. The lowest BCUT2D eigenvalue weighted by Gasteiger charge is -2.32. The summed E-state index contributed by atoms with van der Waals surface area (Å²) in [5, 5.41) is 65.4. The van der Waals surface area contributed by atoms with Crippen LogP contribution in [-0.2, 0) is 88.1 Å². The maximum absolute atomic E-state index is 14.4. The molecule has 0 spiro atoms. The summed E-state index contributed by atoms with van der Waals surface area (Å²) >= 11 is 0. The Balaban J connectivity index is 0.00000437. The van der Waals surface area contributed by atoms with Gasteiger partial charge in [-0.05, 0) is 67.9 Å². The summed E-state index contributed by atoms with van der Waals surface area (Å²) < 4.78 is 36.1. The van der Waals surface area contributed by atoms with Crippen LogP contribution >= 0.6 is 0 Å². The van der Waals surface area contributed by atoms with Crippen LogP contribution in [-0.4, -0.2) is 201 Å². The lowest BCUT2D eigenvalue weighted by Crippen LogP contribution is -2.60. The number of likely N-dealkylation sites (tertiary alicyclic amines) is 1. The van der Waals surface area contributed by atoms with Gasteiger partial charge in [-0.3, -0.25) is 66.9 Å². The molecule has 33 nitrogen and oxygen atoms in total. The van der Waals surface area contributed by atoms with Crippen LogP contribution in [0.3, 0.4) is 0 Å². The fourth-order valence-corrected chi connectivity index (χ4v) is 9.55. The van der Waals surface area contributed by atoms with E-state index in [2.05, 4.69) is 46.7 Å². The van der Waals surface area contributed by atoms with Gasteiger partial charge in [0.2, 0.25) is 53.7 Å². The summed E-state index contributed by atoms with van der Waals surface area (Å²) in [5.41, 5.74) is 5.79. The third-order valence-electron chi connectivity index (χ3n) is 13.9. The van der Waals surface area contributed by atoms with E-state index in [1.54, 1.807) is 58.0 Å². The molecule has 0 saturated carbocycles. The van der Waals surface area contributed by atoms with E-state index in [-0.39, 0.29) is 76.8 Å². The van der Waals surface area contributed by atoms with Gasteiger partial charge in [-0.2, -0.15) is 8.42 Å². The molecule has 0 bridgehead atoms. The molecule has 16 N–H and O–H groups in total. The number of carbonyl (C=O) groups excluding carboxylic acids is 9. The van der Waals surface area contributed by atoms with Crippen LogP contribution in [0.25, 0.3) is 0 Å². The number of amides is 9. The highest BCUT2D eigenvalue weighted by molar-refractivity contribution is 7.80. The monoisotopic (exact) mass is 1290 g/mol. The fourth-order valence-electron chi connectivity index (χ4n) is 9.09. The Labute approximate surface area is 518 Å². The maximum atomic E-state index is 14.4. The Bertz CT molecular complexity index is 2870. The Morgan fingerprint density at radius 2 is 1.18 bits per heavy atom. The molecule has 9 amide bonds. The minimum Gasteiger partial charge on any atom is -0.481 e. The average molecular weight is 1300 g/mol. The second-order valence-electron chi connectivity index (χ2n) is 21.5. The number of benzene rings is 1. The topological polar surface area (TPSA) is 529 Å². The van der Waals surface area contributed by atoms with Crippen LogP contribution in [0, 0.1) is 11.8 Å². The van der Waals surface area contributed by atoms with Crippen LogP contribution < -0.4 is 48.3 Å². The van der Waals surface area contributed by atoms with Gasteiger partial charge in [-0.15, -0.1) is 0 Å². The second kappa shape index (κ2) is 39.2. The summed E-state index contributed by atoms with van der Waals surface area (Å²) in [6.45, 7) is 6.05. The number of rotatable bonds is 39. The van der Waals surface area contributed by atoms with Crippen LogP contribution in [0.1, 0.15) is 117 Å². The largest absolute Gasteiger partial charge is 0.481 e. The predicted molar refractivity (Wildman–Crippen MR) is 314 cm³/mol. The number of allylic oxidation sites excluding steroid dienone is 1. The van der Waals surface area contributed by atoms with Gasteiger partial charge < -0.3 is 78.7 Å². The van der Waals surface area contributed by atoms with Crippen molar-refractivity contribution < 1.29 is 110 Å². The average Bonchev–Trinajstić information content (AvgIpc) is 2.52. The summed E-state index contributed by atoms with van der Waals surface area (Å²) in [6, 6.07) is -3.43. The lowest BCUT2D eigenvalue weighted by atomic mass is 9.96. The Kier molecular flexibility index (Phi) is 33.6. The number of hydrogen-bond donors (Lipinski definition) is 15. The highest BCUT2D eigenvalue weighted by Gasteiger charge is 2.41. The van der Waals surface area contributed by atoms with E-state index >= 15 is 0 Å². The molecule has 34 heteroatoms. The zero-order valence-corrected chi connectivity index (χ0v) is 50.9. The van der Waals surface area contributed by atoms with E-state index in [0.29, 0.717) is 11.1 Å². The van der Waals surface area contributed by atoms with Gasteiger partial charge in [0.15, 0.2) is 0 Å². The van der Waals surface area contributed by atoms with E-state index < -0.39 is 193 Å². The summed E-state index contributed by atoms with van der Waals surface area (Å²) in [5.74, 6) is -15.0. The molecular formula is C56H82N10O23S. The van der Waals surface area contributed by atoms with E-state index in [4.69, 9.17) is 15.4 Å². The molecule has 1 aliphatic carbocycles. The molecule has 3 rings (SSSR count). The normalized spacial score (nSPS) is 17.0. The molecule has 1 aliphatic heterocycles. The number of nitrogens with two attached hydrogens (primary N) is 1. The van der Waals surface area contributed by atoms with Crippen molar-refractivity contribution in [2.24, 2.45) is 17.6 Å². The third kappa shape index (κ3) is 29.4. The molecule has 0 aromatic heterocycles. The maximum Gasteiger partial charge on any atom is 0.397 e. The van der Waals surface area contributed by atoms with E-state index in [0.717, 1.165) is 4.90 Å². The number of hydrogen-bond acceptors (Lipinski definition) is 18. The molecule has 0 unspecified atom stereocenters. The summed E-state index contributed by atoms with van der Waals surface area (Å²) in [4.78, 5) is 180. The lowest BCUT2D eigenvalue weighted by molar-refractivity contribution is -0.143. The van der Waals surface area contributed by atoms with E-state index in [1.165, 1.54) is 18.2 Å². The molecule has 10 atom stereocenters. The molecule has 1 aromatic carbocycles.